The Hall–Kier alpha value is -2.58. The second-order valence-corrected chi connectivity index (χ2v) is 8.26. The third-order valence-corrected chi connectivity index (χ3v) is 4.65. The number of carbonyl (C=O) groups is 1. The fourth-order valence-corrected chi connectivity index (χ4v) is 3.24. The molecule has 0 bridgehead atoms. The predicted octanol–water partition coefficient (Wildman–Crippen LogP) is 3.76. The van der Waals surface area contributed by atoms with Crippen molar-refractivity contribution in [2.24, 2.45) is 0 Å². The van der Waals surface area contributed by atoms with Crippen LogP contribution in [-0.2, 0) is 19.6 Å². The van der Waals surface area contributed by atoms with E-state index >= 15 is 0 Å². The van der Waals surface area contributed by atoms with E-state index in [0.717, 1.165) is 17.4 Å². The van der Waals surface area contributed by atoms with Crippen molar-refractivity contribution in [3.8, 4) is 11.5 Å². The second-order valence-electron chi connectivity index (χ2n) is 6.68. The molecule has 8 heteroatoms. The van der Waals surface area contributed by atoms with Gasteiger partial charge in [0.1, 0.15) is 11.5 Å². The van der Waals surface area contributed by atoms with Crippen LogP contribution in [0.2, 0.25) is 0 Å². The van der Waals surface area contributed by atoms with Crippen LogP contribution in [-0.4, -0.2) is 39.0 Å². The van der Waals surface area contributed by atoms with Crippen LogP contribution in [0.4, 0.5) is 0 Å². The number of carboxylic acid groups (broad SMARTS) is 1. The molecule has 2 aromatic rings. The van der Waals surface area contributed by atoms with Crippen molar-refractivity contribution in [3.63, 3.8) is 0 Å². The summed E-state index contributed by atoms with van der Waals surface area (Å²) in [5, 5.41) is 9.07. The molecule has 2 atom stereocenters. The zero-order valence-electron chi connectivity index (χ0n) is 16.7. The van der Waals surface area contributed by atoms with E-state index in [0.29, 0.717) is 19.0 Å². The molecule has 0 aromatic heterocycles. The molecule has 0 aliphatic rings. The van der Waals surface area contributed by atoms with Crippen LogP contribution in [0, 0.1) is 0 Å². The van der Waals surface area contributed by atoms with E-state index in [1.807, 2.05) is 26.0 Å². The number of aliphatic carboxylic acids is 1. The van der Waals surface area contributed by atoms with Gasteiger partial charge in [-0.3, -0.25) is 4.79 Å². The quantitative estimate of drug-likeness (QED) is 0.551. The first-order valence-electron chi connectivity index (χ1n) is 9.23. The van der Waals surface area contributed by atoms with E-state index in [1.165, 1.54) is 0 Å². The van der Waals surface area contributed by atoms with Crippen molar-refractivity contribution < 1.29 is 32.0 Å². The van der Waals surface area contributed by atoms with Gasteiger partial charge in [-0.05, 0) is 42.3 Å². The maximum absolute atomic E-state index is 11.2. The maximum atomic E-state index is 11.2. The fourth-order valence-electron chi connectivity index (χ4n) is 2.78. The van der Waals surface area contributed by atoms with Gasteiger partial charge in [0, 0.05) is 12.5 Å². The summed E-state index contributed by atoms with van der Waals surface area (Å²) in [5.74, 6) is 0.0123. The smallest absolute Gasteiger partial charge is 0.306 e. The molecule has 0 saturated carbocycles. The van der Waals surface area contributed by atoms with E-state index in [4.69, 9.17) is 18.8 Å². The van der Waals surface area contributed by atoms with Crippen LogP contribution in [0.1, 0.15) is 43.4 Å². The minimum atomic E-state index is -3.55. The summed E-state index contributed by atoms with van der Waals surface area (Å²) in [6.07, 6.45) is 0.356. The minimum Gasteiger partial charge on any atom is -0.493 e. The number of hydrogen-bond donors (Lipinski definition) is 1. The lowest BCUT2D eigenvalue weighted by Gasteiger charge is -2.18. The van der Waals surface area contributed by atoms with Gasteiger partial charge in [0.25, 0.3) is 0 Å². The molecule has 2 unspecified atom stereocenters. The van der Waals surface area contributed by atoms with Crippen molar-refractivity contribution in [2.75, 3.05) is 19.5 Å². The van der Waals surface area contributed by atoms with E-state index in [1.54, 1.807) is 36.4 Å². The maximum Gasteiger partial charge on any atom is 0.306 e. The summed E-state index contributed by atoms with van der Waals surface area (Å²) in [6, 6.07) is 14.0. The molecule has 0 amide bonds. The average Bonchev–Trinajstić information content (AvgIpc) is 2.65. The third kappa shape index (κ3) is 7.75. The Morgan fingerprint density at radius 3 is 2.34 bits per heavy atom. The summed E-state index contributed by atoms with van der Waals surface area (Å²) in [6.45, 7) is 4.62. The summed E-state index contributed by atoms with van der Waals surface area (Å²) in [7, 11) is -3.55. The lowest BCUT2D eigenvalue weighted by atomic mass is 10.0. The highest BCUT2D eigenvalue weighted by Gasteiger charge is 2.16. The number of carboxylic acids is 1. The van der Waals surface area contributed by atoms with Crippen LogP contribution in [0.15, 0.2) is 48.5 Å². The standard InChI is InChI=1S/C21H26O7S/c1-4-26-20(13-21(22)23)17-6-5-7-19(12-17)27-14-15(2)16-8-10-18(11-9-16)28-29(3,24)25/h5-12,15,20H,4,13-14H2,1-3H3,(H,22,23). The van der Waals surface area contributed by atoms with Gasteiger partial charge in [0.05, 0.1) is 25.4 Å². The van der Waals surface area contributed by atoms with E-state index in [-0.39, 0.29) is 18.1 Å². The van der Waals surface area contributed by atoms with Gasteiger partial charge in [-0.25, -0.2) is 0 Å². The van der Waals surface area contributed by atoms with E-state index < -0.39 is 22.2 Å². The van der Waals surface area contributed by atoms with Gasteiger partial charge in [0.2, 0.25) is 0 Å². The summed E-state index contributed by atoms with van der Waals surface area (Å²) in [5.41, 5.74) is 1.72. The fraction of sp³-hybridized carbons (Fsp3) is 0.381. The van der Waals surface area contributed by atoms with Crippen molar-refractivity contribution in [1.29, 1.82) is 0 Å². The Morgan fingerprint density at radius 2 is 1.76 bits per heavy atom. The molecule has 0 heterocycles. The molecule has 0 spiro atoms. The predicted molar refractivity (Wildman–Crippen MR) is 109 cm³/mol. The zero-order chi connectivity index (χ0) is 21.4. The van der Waals surface area contributed by atoms with E-state index in [9.17, 15) is 13.2 Å². The Bertz CT molecular complexity index is 907. The van der Waals surface area contributed by atoms with Crippen molar-refractivity contribution in [3.05, 3.63) is 59.7 Å². The molecular formula is C21H26O7S. The van der Waals surface area contributed by atoms with Crippen LogP contribution < -0.4 is 8.92 Å². The highest BCUT2D eigenvalue weighted by atomic mass is 32.2. The molecule has 0 radical (unpaired) electrons. The molecule has 0 fully saturated rings. The average molecular weight is 422 g/mol. The van der Waals surface area contributed by atoms with Gasteiger partial charge < -0.3 is 18.8 Å². The Labute approximate surface area is 171 Å². The molecule has 2 rings (SSSR count). The molecule has 0 aliphatic heterocycles. The molecule has 158 valence electrons. The molecule has 7 nitrogen and oxygen atoms in total. The first kappa shape index (κ1) is 22.7. The number of hydrogen-bond acceptors (Lipinski definition) is 6. The molecule has 2 aromatic carbocycles. The van der Waals surface area contributed by atoms with Crippen molar-refractivity contribution in [2.45, 2.75) is 32.3 Å². The number of ether oxygens (including phenoxy) is 2. The van der Waals surface area contributed by atoms with Gasteiger partial charge in [-0.2, -0.15) is 8.42 Å². The molecule has 0 saturated heterocycles. The summed E-state index contributed by atoms with van der Waals surface area (Å²) in [4.78, 5) is 11.1. The zero-order valence-corrected chi connectivity index (χ0v) is 17.5. The monoisotopic (exact) mass is 422 g/mol. The third-order valence-electron chi connectivity index (χ3n) is 4.15. The van der Waals surface area contributed by atoms with Gasteiger partial charge in [-0.1, -0.05) is 31.2 Å². The first-order chi connectivity index (χ1) is 13.7. The van der Waals surface area contributed by atoms with Gasteiger partial charge in [-0.15, -0.1) is 0 Å². The largest absolute Gasteiger partial charge is 0.493 e. The van der Waals surface area contributed by atoms with Crippen molar-refractivity contribution in [1.82, 2.24) is 0 Å². The lowest BCUT2D eigenvalue weighted by molar-refractivity contribution is -0.140. The van der Waals surface area contributed by atoms with Crippen LogP contribution in [0.25, 0.3) is 0 Å². The second kappa shape index (κ2) is 10.3. The first-order valence-corrected chi connectivity index (χ1v) is 11.0. The lowest BCUT2D eigenvalue weighted by Crippen LogP contribution is -2.11. The summed E-state index contributed by atoms with van der Waals surface area (Å²) < 4.78 is 38.6. The normalized spacial score (nSPS) is 13.5. The number of rotatable bonds is 11. The summed E-state index contributed by atoms with van der Waals surface area (Å²) >= 11 is 0. The Morgan fingerprint density at radius 1 is 1.07 bits per heavy atom. The molecule has 1 N–H and O–H groups in total. The molecule has 29 heavy (non-hydrogen) atoms. The Balaban J connectivity index is 2.01. The molecule has 0 aliphatic carbocycles. The minimum absolute atomic E-state index is 0.0487. The highest BCUT2D eigenvalue weighted by Crippen LogP contribution is 2.26. The van der Waals surface area contributed by atoms with E-state index in [2.05, 4.69) is 0 Å². The topological polar surface area (TPSA) is 99.1 Å². The Kier molecular flexibility index (Phi) is 8.04. The van der Waals surface area contributed by atoms with Crippen LogP contribution >= 0.6 is 0 Å². The van der Waals surface area contributed by atoms with Crippen LogP contribution in [0.3, 0.4) is 0 Å². The van der Waals surface area contributed by atoms with Gasteiger partial charge >= 0.3 is 16.1 Å². The van der Waals surface area contributed by atoms with Gasteiger partial charge in [0.15, 0.2) is 0 Å². The van der Waals surface area contributed by atoms with Crippen molar-refractivity contribution >= 4 is 16.1 Å². The molecular weight excluding hydrogens is 396 g/mol. The van der Waals surface area contributed by atoms with Crippen LogP contribution in [0.5, 0.6) is 11.5 Å². The SMILES string of the molecule is CCOC(CC(=O)O)c1cccc(OCC(C)c2ccc(OS(C)(=O)=O)cc2)c1. The number of benzene rings is 2. The highest BCUT2D eigenvalue weighted by molar-refractivity contribution is 7.86.